The van der Waals surface area contributed by atoms with E-state index >= 15 is 0 Å². The number of carbonyl (C=O) groups excluding carboxylic acids is 2. The largest absolute Gasteiger partial charge is 0.465 e. The van der Waals surface area contributed by atoms with Crippen molar-refractivity contribution in [2.24, 2.45) is 0 Å². The number of amides is 1. The molecule has 2 heterocycles. The number of methoxy groups -OCH3 is 1. The smallest absolute Gasteiger partial charge is 0.345 e. The first-order chi connectivity index (χ1) is 21.4. The van der Waals surface area contributed by atoms with Crippen LogP contribution in [0.3, 0.4) is 0 Å². The van der Waals surface area contributed by atoms with Crippen LogP contribution in [0.4, 0.5) is 5.69 Å². The summed E-state index contributed by atoms with van der Waals surface area (Å²) in [7, 11) is 1.19. The van der Waals surface area contributed by atoms with Crippen LogP contribution in [0.5, 0.6) is 0 Å². The van der Waals surface area contributed by atoms with Crippen LogP contribution in [0.1, 0.15) is 51.9 Å². The van der Waals surface area contributed by atoms with Crippen LogP contribution < -0.4 is 10.6 Å². The molecule has 0 radical (unpaired) electrons. The summed E-state index contributed by atoms with van der Waals surface area (Å²) in [4.78, 5) is 39.2. The number of ether oxygens (including phenoxy) is 1. The summed E-state index contributed by atoms with van der Waals surface area (Å²) in [5, 5.41) is 17.7. The van der Waals surface area contributed by atoms with Gasteiger partial charge < -0.3 is 20.3 Å². The zero-order valence-corrected chi connectivity index (χ0v) is 25.1. The molecule has 44 heavy (non-hydrogen) atoms. The summed E-state index contributed by atoms with van der Waals surface area (Å²) in [6.45, 7) is 4.97. The summed E-state index contributed by atoms with van der Waals surface area (Å²) in [5.74, 6) is -0.997. The van der Waals surface area contributed by atoms with Crippen molar-refractivity contribution in [2.75, 3.05) is 33.3 Å². The minimum absolute atomic E-state index is 0.000128. The fraction of sp³-hybridized carbons (Fsp3) is 0.314. The number of rotatable bonds is 10. The van der Waals surface area contributed by atoms with Gasteiger partial charge in [0.1, 0.15) is 11.6 Å². The van der Waals surface area contributed by atoms with Crippen LogP contribution in [0.2, 0.25) is 0 Å². The van der Waals surface area contributed by atoms with Crippen molar-refractivity contribution in [3.05, 3.63) is 129 Å². The van der Waals surface area contributed by atoms with Crippen LogP contribution in [0.15, 0.2) is 91.1 Å². The van der Waals surface area contributed by atoms with E-state index < -0.39 is 16.9 Å². The highest BCUT2D eigenvalue weighted by molar-refractivity contribution is 6.01. The second-order valence-electron chi connectivity index (χ2n) is 11.3. The van der Waals surface area contributed by atoms with Crippen molar-refractivity contribution >= 4 is 23.1 Å². The van der Waals surface area contributed by atoms with E-state index in [4.69, 9.17) is 4.74 Å². The van der Waals surface area contributed by atoms with Crippen LogP contribution >= 0.6 is 0 Å². The minimum atomic E-state index is -0.792. The monoisotopic (exact) mass is 594 g/mol. The fourth-order valence-electron chi connectivity index (χ4n) is 6.51. The van der Waals surface area contributed by atoms with Gasteiger partial charge in [0.25, 0.3) is 5.69 Å². The van der Waals surface area contributed by atoms with E-state index in [-0.39, 0.29) is 22.6 Å². The van der Waals surface area contributed by atoms with E-state index in [2.05, 4.69) is 76.2 Å². The Bertz CT molecular complexity index is 1520. The number of nitrogens with zero attached hydrogens (tertiary/aromatic N) is 2. The number of benzene rings is 3. The number of nitro benzene ring substituents is 1. The maximum absolute atomic E-state index is 13.3. The Morgan fingerprint density at radius 2 is 1.66 bits per heavy atom. The molecule has 9 nitrogen and oxygen atoms in total. The van der Waals surface area contributed by atoms with E-state index in [1.54, 1.807) is 31.3 Å². The number of carbonyl (C=O) groups is 2. The zero-order chi connectivity index (χ0) is 31.1. The Kier molecular flexibility index (Phi) is 9.55. The molecule has 0 saturated carbocycles. The number of hydrogen-bond donors (Lipinski definition) is 2. The van der Waals surface area contributed by atoms with Gasteiger partial charge in [0.05, 0.1) is 12.0 Å². The molecular formula is C35H38N4O5. The second-order valence-corrected chi connectivity index (χ2v) is 11.3. The quantitative estimate of drug-likeness (QED) is 0.145. The molecule has 228 valence electrons. The van der Waals surface area contributed by atoms with Crippen molar-refractivity contribution in [1.29, 1.82) is 0 Å². The molecule has 2 aliphatic rings. The highest BCUT2D eigenvalue weighted by atomic mass is 16.6. The lowest BCUT2D eigenvalue weighted by Crippen LogP contribution is -2.46. The van der Waals surface area contributed by atoms with Gasteiger partial charge in [0.2, 0.25) is 5.91 Å². The predicted molar refractivity (Wildman–Crippen MR) is 170 cm³/mol. The standard InChI is InChI=1S/C35H38N4O5/c1-25-28(16-17-30(39(42)43)31(25)34(41)44-2)29-15-9-20-36-32(29)33(40)37-21-10-22-38-23-18-35(19-24-38,26-11-5-3-6-12-26)27-13-7-4-8-14-27/h3-9,11-17,20,32,36H,10,18-19,21-24H2,1-2H3,(H,37,40). The van der Waals surface area contributed by atoms with Gasteiger partial charge in [-0.05, 0) is 92.0 Å². The van der Waals surface area contributed by atoms with Crippen molar-refractivity contribution in [3.8, 4) is 0 Å². The number of likely N-dealkylation sites (tertiary alicyclic amines) is 1. The first-order valence-electron chi connectivity index (χ1n) is 15.0. The maximum Gasteiger partial charge on any atom is 0.345 e. The third kappa shape index (κ3) is 6.28. The number of nitrogens with one attached hydrogen (secondary N) is 2. The lowest BCUT2D eigenvalue weighted by Gasteiger charge is -2.43. The zero-order valence-electron chi connectivity index (χ0n) is 25.1. The Morgan fingerprint density at radius 3 is 2.25 bits per heavy atom. The Morgan fingerprint density at radius 1 is 1.02 bits per heavy atom. The summed E-state index contributed by atoms with van der Waals surface area (Å²) in [6, 6.07) is 23.7. The van der Waals surface area contributed by atoms with Gasteiger partial charge in [-0.25, -0.2) is 4.79 Å². The third-order valence-electron chi connectivity index (χ3n) is 8.86. The topological polar surface area (TPSA) is 114 Å². The number of allylic oxidation sites excluding steroid dienone is 2. The van der Waals surface area contributed by atoms with Gasteiger partial charge in [-0.3, -0.25) is 14.9 Å². The maximum atomic E-state index is 13.3. The van der Waals surface area contributed by atoms with Crippen LogP contribution in [0.25, 0.3) is 5.57 Å². The molecular weight excluding hydrogens is 556 g/mol. The van der Waals surface area contributed by atoms with Gasteiger partial charge in [0, 0.05) is 18.0 Å². The highest BCUT2D eigenvalue weighted by Gasteiger charge is 2.37. The van der Waals surface area contributed by atoms with Crippen molar-refractivity contribution < 1.29 is 19.2 Å². The molecule has 0 bridgehead atoms. The van der Waals surface area contributed by atoms with E-state index in [9.17, 15) is 19.7 Å². The summed E-state index contributed by atoms with van der Waals surface area (Å²) >= 11 is 0. The van der Waals surface area contributed by atoms with Gasteiger partial charge in [-0.1, -0.05) is 66.7 Å². The van der Waals surface area contributed by atoms with Crippen LogP contribution in [-0.4, -0.2) is 61.0 Å². The minimum Gasteiger partial charge on any atom is -0.465 e. The molecule has 1 saturated heterocycles. The average molecular weight is 595 g/mol. The Hall–Kier alpha value is -4.76. The highest BCUT2D eigenvalue weighted by Crippen LogP contribution is 2.41. The van der Waals surface area contributed by atoms with Gasteiger partial charge in [-0.2, -0.15) is 0 Å². The average Bonchev–Trinajstić information content (AvgIpc) is 3.07. The molecule has 0 spiro atoms. The van der Waals surface area contributed by atoms with Crippen LogP contribution in [0, 0.1) is 17.0 Å². The van der Waals surface area contributed by atoms with Crippen molar-refractivity contribution in [3.63, 3.8) is 0 Å². The molecule has 1 amide bonds. The van der Waals surface area contributed by atoms with Gasteiger partial charge in [-0.15, -0.1) is 0 Å². The fourth-order valence-corrected chi connectivity index (χ4v) is 6.51. The summed E-state index contributed by atoms with van der Waals surface area (Å²) in [6.07, 6.45) is 8.10. The molecule has 2 aliphatic heterocycles. The first kappa shape index (κ1) is 30.7. The summed E-state index contributed by atoms with van der Waals surface area (Å²) < 4.78 is 4.82. The van der Waals surface area contributed by atoms with E-state index in [0.29, 0.717) is 23.2 Å². The van der Waals surface area contributed by atoms with Gasteiger partial charge >= 0.3 is 5.97 Å². The van der Waals surface area contributed by atoms with Crippen molar-refractivity contribution in [2.45, 2.75) is 37.6 Å². The van der Waals surface area contributed by atoms with Crippen molar-refractivity contribution in [1.82, 2.24) is 15.5 Å². The third-order valence-corrected chi connectivity index (χ3v) is 8.86. The molecule has 1 atom stereocenters. The molecule has 5 rings (SSSR count). The Balaban J connectivity index is 1.19. The predicted octanol–water partition coefficient (Wildman–Crippen LogP) is 5.15. The SMILES string of the molecule is COC(=O)c1c([N+](=O)[O-])ccc(C2=CC=CNC2C(=O)NCCCN2CCC(c3ccccc3)(c3ccccc3)CC2)c1C. The van der Waals surface area contributed by atoms with Gasteiger partial charge in [0.15, 0.2) is 0 Å². The number of piperidine rings is 1. The molecule has 1 fully saturated rings. The summed E-state index contributed by atoms with van der Waals surface area (Å²) in [5.41, 5.74) is 3.85. The van der Waals surface area contributed by atoms with E-state index in [0.717, 1.165) is 38.9 Å². The van der Waals surface area contributed by atoms with Crippen LogP contribution in [-0.2, 0) is 14.9 Å². The number of dihydropyridines is 1. The van der Waals surface area contributed by atoms with E-state index in [1.807, 2.05) is 0 Å². The first-order valence-corrected chi connectivity index (χ1v) is 15.0. The molecule has 3 aromatic rings. The molecule has 1 unspecified atom stereocenters. The molecule has 0 aromatic heterocycles. The number of nitro groups is 1. The second kappa shape index (κ2) is 13.7. The Labute approximate surface area is 257 Å². The molecule has 2 N–H and O–H groups in total. The number of hydrogen-bond acceptors (Lipinski definition) is 7. The lowest BCUT2D eigenvalue weighted by molar-refractivity contribution is -0.385. The molecule has 0 aliphatic carbocycles. The number of esters is 1. The van der Waals surface area contributed by atoms with E-state index in [1.165, 1.54) is 24.3 Å². The lowest BCUT2D eigenvalue weighted by atomic mass is 9.68. The molecule has 3 aromatic carbocycles. The normalized spacial score (nSPS) is 17.7. The molecule has 9 heteroatoms.